The lowest BCUT2D eigenvalue weighted by molar-refractivity contribution is -0.118. The highest BCUT2D eigenvalue weighted by atomic mass is 35.5. The Balaban J connectivity index is 0.00000312. The molecular formula is C16H19Cl2N3O3S. The molecule has 2 aromatic rings. The van der Waals surface area contributed by atoms with Crippen molar-refractivity contribution >= 4 is 52.8 Å². The topological polar surface area (TPSA) is 93.4 Å². The minimum Gasteiger partial charge on any atom is -0.383 e. The molecule has 1 atom stereocenters. The Hall–Kier alpha value is -1.64. The number of halogens is 2. The van der Waals surface area contributed by atoms with Crippen LogP contribution in [0.1, 0.15) is 15.2 Å². The predicted octanol–water partition coefficient (Wildman–Crippen LogP) is 2.67. The van der Waals surface area contributed by atoms with Crippen molar-refractivity contribution in [2.75, 3.05) is 19.0 Å². The molecule has 4 N–H and O–H groups in total. The molecule has 1 aromatic heterocycles. The van der Waals surface area contributed by atoms with E-state index in [-0.39, 0.29) is 30.5 Å². The maximum absolute atomic E-state index is 12.3. The van der Waals surface area contributed by atoms with E-state index in [2.05, 4.69) is 10.6 Å². The van der Waals surface area contributed by atoms with Crippen LogP contribution in [0.2, 0.25) is 5.02 Å². The molecule has 0 saturated heterocycles. The zero-order valence-electron chi connectivity index (χ0n) is 13.5. The fourth-order valence-electron chi connectivity index (χ4n) is 1.94. The number of ether oxygens (including phenoxy) is 1. The van der Waals surface area contributed by atoms with Crippen molar-refractivity contribution in [1.29, 1.82) is 0 Å². The van der Waals surface area contributed by atoms with Gasteiger partial charge >= 0.3 is 0 Å². The second-order valence-electron chi connectivity index (χ2n) is 5.01. The van der Waals surface area contributed by atoms with Gasteiger partial charge in [-0.25, -0.2) is 0 Å². The van der Waals surface area contributed by atoms with Gasteiger partial charge in [-0.15, -0.1) is 23.7 Å². The van der Waals surface area contributed by atoms with Gasteiger partial charge in [0, 0.05) is 17.7 Å². The van der Waals surface area contributed by atoms with Crippen LogP contribution in [-0.2, 0) is 16.1 Å². The van der Waals surface area contributed by atoms with Crippen LogP contribution in [0.25, 0.3) is 0 Å². The molecule has 1 aromatic carbocycles. The first kappa shape index (κ1) is 21.4. The molecule has 0 radical (unpaired) electrons. The van der Waals surface area contributed by atoms with Crippen LogP contribution >= 0.6 is 35.3 Å². The van der Waals surface area contributed by atoms with Crippen molar-refractivity contribution in [3.8, 4) is 0 Å². The molecule has 0 aliphatic heterocycles. The van der Waals surface area contributed by atoms with Crippen molar-refractivity contribution in [3.63, 3.8) is 0 Å². The SMILES string of the molecule is COCC(N)C(=O)Nc1ccc(Cl)c(C(=O)NCc2cccs2)c1.Cl. The Bertz CT molecular complexity index is 711. The summed E-state index contributed by atoms with van der Waals surface area (Å²) in [6.07, 6.45) is 0. The van der Waals surface area contributed by atoms with E-state index in [1.54, 1.807) is 23.5 Å². The van der Waals surface area contributed by atoms with Gasteiger partial charge in [0.05, 0.1) is 23.7 Å². The highest BCUT2D eigenvalue weighted by molar-refractivity contribution is 7.09. The number of nitrogens with one attached hydrogen (secondary N) is 2. The molecule has 2 amide bonds. The molecule has 1 heterocycles. The third-order valence-corrected chi connectivity index (χ3v) is 4.37. The van der Waals surface area contributed by atoms with Gasteiger partial charge in [-0.1, -0.05) is 17.7 Å². The molecule has 6 nitrogen and oxygen atoms in total. The van der Waals surface area contributed by atoms with Crippen molar-refractivity contribution in [3.05, 3.63) is 51.2 Å². The third-order valence-electron chi connectivity index (χ3n) is 3.16. The lowest BCUT2D eigenvalue weighted by Crippen LogP contribution is -2.39. The number of benzene rings is 1. The number of nitrogens with two attached hydrogens (primary N) is 1. The van der Waals surface area contributed by atoms with Gasteiger partial charge in [0.25, 0.3) is 5.91 Å². The summed E-state index contributed by atoms with van der Waals surface area (Å²) in [4.78, 5) is 25.2. The Morgan fingerprint density at radius 3 is 2.76 bits per heavy atom. The van der Waals surface area contributed by atoms with E-state index in [4.69, 9.17) is 22.1 Å². The molecule has 2 rings (SSSR count). The Morgan fingerprint density at radius 2 is 2.12 bits per heavy atom. The fourth-order valence-corrected chi connectivity index (χ4v) is 2.79. The van der Waals surface area contributed by atoms with E-state index in [0.717, 1.165) is 4.88 Å². The Morgan fingerprint density at radius 1 is 1.36 bits per heavy atom. The maximum atomic E-state index is 12.3. The quantitative estimate of drug-likeness (QED) is 0.662. The summed E-state index contributed by atoms with van der Waals surface area (Å²) < 4.78 is 4.84. The molecule has 0 spiro atoms. The molecule has 25 heavy (non-hydrogen) atoms. The van der Waals surface area contributed by atoms with Crippen LogP contribution in [0.5, 0.6) is 0 Å². The highest BCUT2D eigenvalue weighted by Crippen LogP contribution is 2.21. The summed E-state index contributed by atoms with van der Waals surface area (Å²) >= 11 is 7.64. The second-order valence-corrected chi connectivity index (χ2v) is 6.45. The molecule has 0 aliphatic rings. The summed E-state index contributed by atoms with van der Waals surface area (Å²) in [6.45, 7) is 0.524. The van der Waals surface area contributed by atoms with E-state index < -0.39 is 11.9 Å². The zero-order valence-corrected chi connectivity index (χ0v) is 15.8. The van der Waals surface area contributed by atoms with E-state index in [0.29, 0.717) is 17.3 Å². The van der Waals surface area contributed by atoms with Crippen molar-refractivity contribution < 1.29 is 14.3 Å². The molecule has 0 bridgehead atoms. The van der Waals surface area contributed by atoms with Gasteiger partial charge in [-0.3, -0.25) is 9.59 Å². The third kappa shape index (κ3) is 6.30. The first-order chi connectivity index (χ1) is 11.5. The number of rotatable bonds is 7. The summed E-state index contributed by atoms with van der Waals surface area (Å²) in [7, 11) is 1.46. The molecular weight excluding hydrogens is 385 g/mol. The Kier molecular flexibility index (Phi) is 8.88. The Labute approximate surface area is 161 Å². The van der Waals surface area contributed by atoms with Crippen LogP contribution in [-0.4, -0.2) is 31.6 Å². The standard InChI is InChI=1S/C16H18ClN3O3S.ClH/c1-23-9-14(18)16(22)20-10-4-5-13(17)12(7-10)15(21)19-8-11-3-2-6-24-11;/h2-7,14H,8-9,18H2,1H3,(H,19,21)(H,20,22);1H. The van der Waals surface area contributed by atoms with Gasteiger partial charge in [0.1, 0.15) is 6.04 Å². The van der Waals surface area contributed by atoms with Crippen LogP contribution in [0.4, 0.5) is 5.69 Å². The molecule has 0 saturated carbocycles. The number of hydrogen-bond acceptors (Lipinski definition) is 5. The number of hydrogen-bond donors (Lipinski definition) is 3. The van der Waals surface area contributed by atoms with E-state index in [1.807, 2.05) is 17.5 Å². The highest BCUT2D eigenvalue weighted by Gasteiger charge is 2.16. The largest absolute Gasteiger partial charge is 0.383 e. The summed E-state index contributed by atoms with van der Waals surface area (Å²) in [5, 5.41) is 7.68. The zero-order chi connectivity index (χ0) is 17.5. The minimum atomic E-state index is -0.790. The van der Waals surface area contributed by atoms with Gasteiger partial charge in [0.2, 0.25) is 5.91 Å². The lowest BCUT2D eigenvalue weighted by atomic mass is 10.1. The monoisotopic (exact) mass is 403 g/mol. The number of carbonyl (C=O) groups is 2. The van der Waals surface area contributed by atoms with Gasteiger partial charge in [-0.2, -0.15) is 0 Å². The first-order valence-electron chi connectivity index (χ1n) is 7.16. The smallest absolute Gasteiger partial charge is 0.253 e. The normalized spacial score (nSPS) is 11.3. The molecule has 0 fully saturated rings. The van der Waals surface area contributed by atoms with Crippen LogP contribution in [0.15, 0.2) is 35.7 Å². The average molecular weight is 404 g/mol. The second kappa shape index (κ2) is 10.4. The first-order valence-corrected chi connectivity index (χ1v) is 8.42. The summed E-state index contributed by atoms with van der Waals surface area (Å²) in [5.74, 6) is -0.713. The summed E-state index contributed by atoms with van der Waals surface area (Å²) in [6, 6.07) is 7.74. The number of methoxy groups -OCH3 is 1. The average Bonchev–Trinajstić information content (AvgIpc) is 3.08. The van der Waals surface area contributed by atoms with Crippen molar-refractivity contribution in [2.24, 2.45) is 5.73 Å². The van der Waals surface area contributed by atoms with Crippen molar-refractivity contribution in [2.45, 2.75) is 12.6 Å². The predicted molar refractivity (Wildman–Crippen MR) is 103 cm³/mol. The fraction of sp³-hybridized carbons (Fsp3) is 0.250. The van der Waals surface area contributed by atoms with E-state index >= 15 is 0 Å². The van der Waals surface area contributed by atoms with Crippen LogP contribution in [0, 0.1) is 0 Å². The molecule has 0 aliphatic carbocycles. The van der Waals surface area contributed by atoms with Crippen LogP contribution < -0.4 is 16.4 Å². The number of amides is 2. The van der Waals surface area contributed by atoms with E-state index in [1.165, 1.54) is 13.2 Å². The lowest BCUT2D eigenvalue weighted by Gasteiger charge is -2.13. The van der Waals surface area contributed by atoms with Gasteiger partial charge in [-0.05, 0) is 29.6 Å². The summed E-state index contributed by atoms with van der Waals surface area (Å²) in [5.41, 5.74) is 6.39. The van der Waals surface area contributed by atoms with Crippen LogP contribution in [0.3, 0.4) is 0 Å². The van der Waals surface area contributed by atoms with Gasteiger partial charge < -0.3 is 21.1 Å². The molecule has 1 unspecified atom stereocenters. The number of anilines is 1. The van der Waals surface area contributed by atoms with Gasteiger partial charge in [0.15, 0.2) is 0 Å². The van der Waals surface area contributed by atoms with Crippen molar-refractivity contribution in [1.82, 2.24) is 5.32 Å². The minimum absolute atomic E-state index is 0. The number of thiophene rings is 1. The van der Waals surface area contributed by atoms with E-state index in [9.17, 15) is 9.59 Å². The maximum Gasteiger partial charge on any atom is 0.253 e. The molecule has 9 heteroatoms. The number of carbonyl (C=O) groups excluding carboxylic acids is 2. The molecule has 136 valence electrons.